The van der Waals surface area contributed by atoms with Crippen molar-refractivity contribution in [1.29, 1.82) is 0 Å². The molecule has 0 radical (unpaired) electrons. The lowest BCUT2D eigenvalue weighted by Gasteiger charge is -2.42. The fraction of sp³-hybridized carbons (Fsp3) is 1.00. The van der Waals surface area contributed by atoms with Gasteiger partial charge in [0.2, 0.25) is 0 Å². The molecule has 3 fully saturated rings. The van der Waals surface area contributed by atoms with Gasteiger partial charge in [0.1, 0.15) is 0 Å². The maximum absolute atomic E-state index is 5.73. The van der Waals surface area contributed by atoms with Crippen molar-refractivity contribution >= 4 is 0 Å². The van der Waals surface area contributed by atoms with Gasteiger partial charge in [0.25, 0.3) is 0 Å². The van der Waals surface area contributed by atoms with Gasteiger partial charge in [0, 0.05) is 13.2 Å². The van der Waals surface area contributed by atoms with Gasteiger partial charge in [-0.15, -0.1) is 0 Å². The molecule has 0 amide bonds. The van der Waals surface area contributed by atoms with Crippen LogP contribution in [0.1, 0.15) is 44.9 Å². The summed E-state index contributed by atoms with van der Waals surface area (Å²) in [7, 11) is 0. The van der Waals surface area contributed by atoms with Crippen molar-refractivity contribution in [2.45, 2.75) is 44.9 Å². The fourth-order valence-electron chi connectivity index (χ4n) is 4.49. The Hall–Kier alpha value is -0.0800. The molecule has 3 aliphatic rings. The van der Waals surface area contributed by atoms with Crippen LogP contribution in [0, 0.1) is 23.7 Å². The first-order valence-electron chi connectivity index (χ1n) is 7.73. The Morgan fingerprint density at radius 1 is 0.824 bits per heavy atom. The standard InChI is InChI=1S/C15H27NO/c1-2-5-12(4-1)15-10-16-8-7-14(15)13-6-3-9-17-11-13/h12-16H,1-11H2. The molecular weight excluding hydrogens is 210 g/mol. The maximum Gasteiger partial charge on any atom is 0.0497 e. The quantitative estimate of drug-likeness (QED) is 0.797. The summed E-state index contributed by atoms with van der Waals surface area (Å²) in [5.74, 6) is 3.81. The smallest absolute Gasteiger partial charge is 0.0497 e. The molecule has 2 heterocycles. The van der Waals surface area contributed by atoms with Gasteiger partial charge in [-0.05, 0) is 56.0 Å². The number of rotatable bonds is 2. The molecule has 0 aromatic rings. The molecule has 0 spiro atoms. The molecule has 3 rings (SSSR count). The maximum atomic E-state index is 5.73. The van der Waals surface area contributed by atoms with Crippen molar-refractivity contribution in [2.75, 3.05) is 26.3 Å². The Labute approximate surface area is 105 Å². The molecule has 3 unspecified atom stereocenters. The molecule has 0 bridgehead atoms. The lowest BCUT2D eigenvalue weighted by Crippen LogP contribution is -2.44. The summed E-state index contributed by atoms with van der Waals surface area (Å²) < 4.78 is 5.73. The number of nitrogens with one attached hydrogen (secondary N) is 1. The molecule has 0 aromatic carbocycles. The normalized spacial score (nSPS) is 40.6. The van der Waals surface area contributed by atoms with Gasteiger partial charge >= 0.3 is 0 Å². The SMILES string of the molecule is C1COCC(C2CCNCC2C2CCCC2)C1. The number of hydrogen-bond acceptors (Lipinski definition) is 2. The number of ether oxygens (including phenoxy) is 1. The van der Waals surface area contributed by atoms with Gasteiger partial charge in [-0.1, -0.05) is 25.7 Å². The Kier molecular flexibility index (Phi) is 4.02. The van der Waals surface area contributed by atoms with E-state index in [9.17, 15) is 0 Å². The molecule has 1 N–H and O–H groups in total. The van der Waals surface area contributed by atoms with E-state index in [1.165, 1.54) is 58.0 Å². The Morgan fingerprint density at radius 3 is 2.41 bits per heavy atom. The number of hydrogen-bond donors (Lipinski definition) is 1. The second kappa shape index (κ2) is 5.71. The van der Waals surface area contributed by atoms with E-state index in [0.29, 0.717) is 0 Å². The van der Waals surface area contributed by atoms with Crippen LogP contribution in [0.4, 0.5) is 0 Å². The van der Waals surface area contributed by atoms with Crippen LogP contribution in [-0.4, -0.2) is 26.3 Å². The second-order valence-electron chi connectivity index (χ2n) is 6.34. The van der Waals surface area contributed by atoms with Crippen LogP contribution in [0.25, 0.3) is 0 Å². The molecule has 2 heteroatoms. The Morgan fingerprint density at radius 2 is 1.65 bits per heavy atom. The second-order valence-corrected chi connectivity index (χ2v) is 6.34. The Bertz CT molecular complexity index is 231. The van der Waals surface area contributed by atoms with E-state index in [4.69, 9.17) is 4.74 Å². The van der Waals surface area contributed by atoms with Crippen molar-refractivity contribution in [1.82, 2.24) is 5.32 Å². The summed E-state index contributed by atoms with van der Waals surface area (Å²) in [6.45, 7) is 4.58. The Balaban J connectivity index is 1.65. The van der Waals surface area contributed by atoms with E-state index in [0.717, 1.165) is 36.9 Å². The van der Waals surface area contributed by atoms with Crippen LogP contribution < -0.4 is 5.32 Å². The molecule has 1 aliphatic carbocycles. The largest absolute Gasteiger partial charge is 0.381 e. The van der Waals surface area contributed by atoms with E-state index in [-0.39, 0.29) is 0 Å². The minimum Gasteiger partial charge on any atom is -0.381 e. The third kappa shape index (κ3) is 2.68. The van der Waals surface area contributed by atoms with Crippen LogP contribution in [-0.2, 0) is 4.74 Å². The number of piperidine rings is 1. The fourth-order valence-corrected chi connectivity index (χ4v) is 4.49. The minimum absolute atomic E-state index is 0.872. The molecule has 2 aliphatic heterocycles. The van der Waals surface area contributed by atoms with E-state index >= 15 is 0 Å². The monoisotopic (exact) mass is 237 g/mol. The van der Waals surface area contributed by atoms with Crippen LogP contribution in [0.2, 0.25) is 0 Å². The van der Waals surface area contributed by atoms with E-state index in [2.05, 4.69) is 5.32 Å². The molecule has 98 valence electrons. The van der Waals surface area contributed by atoms with Gasteiger partial charge < -0.3 is 10.1 Å². The van der Waals surface area contributed by atoms with Crippen LogP contribution in [0.5, 0.6) is 0 Å². The van der Waals surface area contributed by atoms with E-state index in [1.807, 2.05) is 0 Å². The summed E-state index contributed by atoms with van der Waals surface area (Å²) >= 11 is 0. The van der Waals surface area contributed by atoms with Gasteiger partial charge in [0.05, 0.1) is 0 Å². The summed E-state index contributed by atoms with van der Waals surface area (Å²) in [6.07, 6.45) is 10.1. The van der Waals surface area contributed by atoms with Gasteiger partial charge in [-0.25, -0.2) is 0 Å². The molecule has 2 saturated heterocycles. The zero-order chi connectivity index (χ0) is 11.5. The zero-order valence-corrected chi connectivity index (χ0v) is 11.0. The molecule has 3 atom stereocenters. The summed E-state index contributed by atoms with van der Waals surface area (Å²) in [6, 6.07) is 0. The topological polar surface area (TPSA) is 21.3 Å². The first-order chi connectivity index (χ1) is 8.45. The summed E-state index contributed by atoms with van der Waals surface area (Å²) in [5.41, 5.74) is 0. The third-order valence-electron chi connectivity index (χ3n) is 5.39. The van der Waals surface area contributed by atoms with Gasteiger partial charge in [-0.2, -0.15) is 0 Å². The van der Waals surface area contributed by atoms with E-state index in [1.54, 1.807) is 0 Å². The van der Waals surface area contributed by atoms with E-state index < -0.39 is 0 Å². The first-order valence-corrected chi connectivity index (χ1v) is 7.73. The average molecular weight is 237 g/mol. The van der Waals surface area contributed by atoms with Crippen molar-refractivity contribution in [3.8, 4) is 0 Å². The lowest BCUT2D eigenvalue weighted by atomic mass is 9.69. The lowest BCUT2D eigenvalue weighted by molar-refractivity contribution is -0.00155. The molecule has 0 aromatic heterocycles. The third-order valence-corrected chi connectivity index (χ3v) is 5.39. The molecular formula is C15H27NO. The average Bonchev–Trinajstić information content (AvgIpc) is 2.94. The van der Waals surface area contributed by atoms with Crippen LogP contribution in [0.15, 0.2) is 0 Å². The minimum atomic E-state index is 0.872. The predicted octanol–water partition coefficient (Wildman–Crippen LogP) is 2.83. The van der Waals surface area contributed by atoms with Crippen molar-refractivity contribution in [3.05, 3.63) is 0 Å². The van der Waals surface area contributed by atoms with Crippen molar-refractivity contribution in [3.63, 3.8) is 0 Å². The van der Waals surface area contributed by atoms with Crippen molar-refractivity contribution < 1.29 is 4.74 Å². The molecule has 2 nitrogen and oxygen atoms in total. The molecule has 17 heavy (non-hydrogen) atoms. The highest BCUT2D eigenvalue weighted by Crippen LogP contribution is 2.42. The predicted molar refractivity (Wildman–Crippen MR) is 70.0 cm³/mol. The highest BCUT2D eigenvalue weighted by atomic mass is 16.5. The van der Waals surface area contributed by atoms with Crippen molar-refractivity contribution in [2.24, 2.45) is 23.7 Å². The first kappa shape index (κ1) is 12.0. The highest BCUT2D eigenvalue weighted by Gasteiger charge is 2.37. The zero-order valence-electron chi connectivity index (χ0n) is 11.0. The van der Waals surface area contributed by atoms with Gasteiger partial charge in [-0.3, -0.25) is 0 Å². The summed E-state index contributed by atoms with van der Waals surface area (Å²) in [5, 5.41) is 3.64. The van der Waals surface area contributed by atoms with Crippen LogP contribution >= 0.6 is 0 Å². The van der Waals surface area contributed by atoms with Crippen LogP contribution in [0.3, 0.4) is 0 Å². The molecule has 1 saturated carbocycles. The van der Waals surface area contributed by atoms with Gasteiger partial charge in [0.15, 0.2) is 0 Å². The summed E-state index contributed by atoms with van der Waals surface area (Å²) in [4.78, 5) is 0. The highest BCUT2D eigenvalue weighted by molar-refractivity contribution is 4.89.